The van der Waals surface area contributed by atoms with Crippen molar-refractivity contribution in [3.8, 4) is 11.5 Å². The molecule has 1 heterocycles. The zero-order valence-corrected chi connectivity index (χ0v) is 12.4. The summed E-state index contributed by atoms with van der Waals surface area (Å²) >= 11 is 0. The van der Waals surface area contributed by atoms with Crippen LogP contribution in [0, 0.1) is 0 Å². The molecule has 0 unspecified atom stereocenters. The Kier molecular flexibility index (Phi) is 4.42. The van der Waals surface area contributed by atoms with Gasteiger partial charge in [-0.25, -0.2) is 0 Å². The maximum absolute atomic E-state index is 11.9. The molecule has 2 N–H and O–H groups in total. The van der Waals surface area contributed by atoms with Crippen molar-refractivity contribution in [1.29, 1.82) is 0 Å². The Morgan fingerprint density at radius 1 is 0.826 bits per heavy atom. The molecule has 6 nitrogen and oxygen atoms in total. The molecule has 0 fully saturated rings. The lowest BCUT2D eigenvalue weighted by atomic mass is 10.2. The Morgan fingerprint density at radius 2 is 1.48 bits per heavy atom. The second-order valence-electron chi connectivity index (χ2n) is 5.00. The lowest BCUT2D eigenvalue weighted by molar-refractivity contribution is -0.123. The normalized spacial score (nSPS) is 12.3. The van der Waals surface area contributed by atoms with E-state index in [9.17, 15) is 9.59 Å². The van der Waals surface area contributed by atoms with Gasteiger partial charge in [0.2, 0.25) is 11.8 Å². The third-order valence-corrected chi connectivity index (χ3v) is 3.20. The molecule has 2 aromatic carbocycles. The molecule has 0 saturated heterocycles. The average Bonchev–Trinajstić information content (AvgIpc) is 2.55. The predicted octanol–water partition coefficient (Wildman–Crippen LogP) is 2.43. The van der Waals surface area contributed by atoms with Crippen molar-refractivity contribution in [2.45, 2.75) is 6.42 Å². The molecule has 2 amide bonds. The predicted molar refractivity (Wildman–Crippen MR) is 85.8 cm³/mol. The lowest BCUT2D eigenvalue weighted by Crippen LogP contribution is -2.21. The number of hydrogen-bond donors (Lipinski definition) is 2. The minimum atomic E-state index is -0.393. The molecule has 0 aliphatic carbocycles. The number of nitrogens with one attached hydrogen (secondary N) is 2. The Balaban J connectivity index is 1.56. The third-order valence-electron chi connectivity index (χ3n) is 3.20. The minimum absolute atomic E-state index is 0.261. The van der Waals surface area contributed by atoms with Gasteiger partial charge in [0.15, 0.2) is 11.5 Å². The van der Waals surface area contributed by atoms with Gasteiger partial charge in [-0.15, -0.1) is 0 Å². The summed E-state index contributed by atoms with van der Waals surface area (Å²) in [5.74, 6) is 0.472. The molecule has 1 aliphatic heterocycles. The maximum atomic E-state index is 11.9. The fourth-order valence-electron chi connectivity index (χ4n) is 2.20. The van der Waals surface area contributed by atoms with Crippen molar-refractivity contribution in [1.82, 2.24) is 0 Å². The van der Waals surface area contributed by atoms with Crippen molar-refractivity contribution in [3.63, 3.8) is 0 Å². The number of ether oxygens (including phenoxy) is 2. The minimum Gasteiger partial charge on any atom is -0.486 e. The smallest absolute Gasteiger partial charge is 0.233 e. The van der Waals surface area contributed by atoms with Gasteiger partial charge >= 0.3 is 0 Å². The van der Waals surface area contributed by atoms with Gasteiger partial charge in [-0.3, -0.25) is 9.59 Å². The molecule has 0 atom stereocenters. The number of carbonyl (C=O) groups excluding carboxylic acids is 2. The Labute approximate surface area is 133 Å². The summed E-state index contributed by atoms with van der Waals surface area (Å²) in [6.07, 6.45) is -0.261. The highest BCUT2D eigenvalue weighted by molar-refractivity contribution is 6.08. The van der Waals surface area contributed by atoms with Crippen molar-refractivity contribution in [2.75, 3.05) is 23.8 Å². The molecule has 23 heavy (non-hydrogen) atoms. The van der Waals surface area contributed by atoms with Crippen molar-refractivity contribution in [2.24, 2.45) is 0 Å². The van der Waals surface area contributed by atoms with E-state index in [2.05, 4.69) is 10.6 Å². The first-order valence-corrected chi connectivity index (χ1v) is 7.25. The van der Waals surface area contributed by atoms with E-state index in [0.29, 0.717) is 36.1 Å². The molecule has 1 aliphatic rings. The van der Waals surface area contributed by atoms with Gasteiger partial charge in [0.05, 0.1) is 0 Å². The SMILES string of the molecule is O=C(CC(=O)Nc1ccc2c(c1)OCCO2)Nc1ccccc1. The highest BCUT2D eigenvalue weighted by Crippen LogP contribution is 2.32. The van der Waals surface area contributed by atoms with Gasteiger partial charge in [0, 0.05) is 17.4 Å². The second-order valence-corrected chi connectivity index (χ2v) is 5.00. The molecule has 3 rings (SSSR count). The maximum Gasteiger partial charge on any atom is 0.233 e. The quantitative estimate of drug-likeness (QED) is 0.850. The van der Waals surface area contributed by atoms with Crippen LogP contribution in [0.2, 0.25) is 0 Å². The summed E-state index contributed by atoms with van der Waals surface area (Å²) in [6, 6.07) is 14.1. The summed E-state index contributed by atoms with van der Waals surface area (Å²) < 4.78 is 10.9. The van der Waals surface area contributed by atoms with Gasteiger partial charge in [-0.05, 0) is 24.3 Å². The molecular weight excluding hydrogens is 296 g/mol. The molecule has 0 spiro atoms. The first-order valence-electron chi connectivity index (χ1n) is 7.25. The molecule has 0 bridgehead atoms. The van der Waals surface area contributed by atoms with Crippen LogP contribution >= 0.6 is 0 Å². The van der Waals surface area contributed by atoms with Gasteiger partial charge in [-0.1, -0.05) is 18.2 Å². The number of amides is 2. The molecular formula is C17H16N2O4. The van der Waals surface area contributed by atoms with E-state index in [0.717, 1.165) is 0 Å². The third kappa shape index (κ3) is 4.00. The highest BCUT2D eigenvalue weighted by atomic mass is 16.6. The van der Waals surface area contributed by atoms with E-state index in [1.54, 1.807) is 30.3 Å². The summed E-state index contributed by atoms with van der Waals surface area (Å²) in [5, 5.41) is 5.34. The number of rotatable bonds is 4. The van der Waals surface area contributed by atoms with Crippen LogP contribution in [0.15, 0.2) is 48.5 Å². The van der Waals surface area contributed by atoms with Crippen LogP contribution in [0.4, 0.5) is 11.4 Å². The van der Waals surface area contributed by atoms with Crippen LogP contribution in [-0.2, 0) is 9.59 Å². The van der Waals surface area contributed by atoms with Gasteiger partial charge in [0.1, 0.15) is 19.6 Å². The number of anilines is 2. The van der Waals surface area contributed by atoms with Crippen LogP contribution in [0.5, 0.6) is 11.5 Å². The molecule has 2 aromatic rings. The summed E-state index contributed by atoms with van der Waals surface area (Å²) in [4.78, 5) is 23.8. The Hall–Kier alpha value is -3.02. The lowest BCUT2D eigenvalue weighted by Gasteiger charge is -2.19. The van der Waals surface area contributed by atoms with Crippen LogP contribution < -0.4 is 20.1 Å². The highest BCUT2D eigenvalue weighted by Gasteiger charge is 2.14. The number of fused-ring (bicyclic) bond motifs is 1. The topological polar surface area (TPSA) is 76.7 Å². The standard InChI is InChI=1S/C17H16N2O4/c20-16(18-12-4-2-1-3-5-12)11-17(21)19-13-6-7-14-15(10-13)23-9-8-22-14/h1-7,10H,8-9,11H2,(H,18,20)(H,19,21). The zero-order valence-electron chi connectivity index (χ0n) is 12.4. The average molecular weight is 312 g/mol. The van der Waals surface area contributed by atoms with Crippen LogP contribution in [-0.4, -0.2) is 25.0 Å². The molecule has 0 saturated carbocycles. The van der Waals surface area contributed by atoms with Crippen molar-refractivity contribution >= 4 is 23.2 Å². The second kappa shape index (κ2) is 6.83. The summed E-state index contributed by atoms with van der Waals surface area (Å²) in [6.45, 7) is 0.988. The van der Waals surface area contributed by atoms with E-state index in [1.165, 1.54) is 0 Å². The monoisotopic (exact) mass is 312 g/mol. The molecule has 0 aromatic heterocycles. The van der Waals surface area contributed by atoms with Crippen molar-refractivity contribution < 1.29 is 19.1 Å². The largest absolute Gasteiger partial charge is 0.486 e. The first kappa shape index (κ1) is 14.9. The van der Waals surface area contributed by atoms with Crippen LogP contribution in [0.3, 0.4) is 0 Å². The van der Waals surface area contributed by atoms with Crippen LogP contribution in [0.1, 0.15) is 6.42 Å². The Morgan fingerprint density at radius 3 is 2.22 bits per heavy atom. The van der Waals surface area contributed by atoms with E-state index in [4.69, 9.17) is 9.47 Å². The van der Waals surface area contributed by atoms with Crippen LogP contribution in [0.25, 0.3) is 0 Å². The number of para-hydroxylation sites is 1. The summed E-state index contributed by atoms with van der Waals surface area (Å²) in [7, 11) is 0. The molecule has 118 valence electrons. The first-order chi connectivity index (χ1) is 11.2. The Bertz CT molecular complexity index is 716. The van der Waals surface area contributed by atoms with Gasteiger partial charge < -0.3 is 20.1 Å². The van der Waals surface area contributed by atoms with Gasteiger partial charge in [-0.2, -0.15) is 0 Å². The van der Waals surface area contributed by atoms with Gasteiger partial charge in [0.25, 0.3) is 0 Å². The zero-order chi connectivity index (χ0) is 16.1. The summed E-state index contributed by atoms with van der Waals surface area (Å²) in [5.41, 5.74) is 1.22. The fraction of sp³-hybridized carbons (Fsp3) is 0.176. The van der Waals surface area contributed by atoms with E-state index in [-0.39, 0.29) is 12.3 Å². The molecule has 0 radical (unpaired) electrons. The fourth-order valence-corrected chi connectivity index (χ4v) is 2.20. The van der Waals surface area contributed by atoms with Crippen molar-refractivity contribution in [3.05, 3.63) is 48.5 Å². The molecule has 6 heteroatoms. The number of benzene rings is 2. The number of carbonyl (C=O) groups is 2. The number of hydrogen-bond acceptors (Lipinski definition) is 4. The van der Waals surface area contributed by atoms with E-state index in [1.807, 2.05) is 18.2 Å². The van der Waals surface area contributed by atoms with E-state index >= 15 is 0 Å². The van der Waals surface area contributed by atoms with E-state index < -0.39 is 5.91 Å².